The SMILES string of the molecule is Clc1cc(-c2ncc(Br)c(Cl)n2)cc2c1OCCCO2. The fraction of sp³-hybridized carbons (Fsp3) is 0.231. The molecular weight excluding hydrogens is 367 g/mol. The van der Waals surface area contributed by atoms with Crippen LogP contribution in [0.15, 0.2) is 22.8 Å². The van der Waals surface area contributed by atoms with Crippen LogP contribution in [0, 0.1) is 0 Å². The van der Waals surface area contributed by atoms with Gasteiger partial charge in [-0.15, -0.1) is 0 Å². The molecule has 1 aliphatic heterocycles. The van der Waals surface area contributed by atoms with Crippen molar-refractivity contribution in [2.75, 3.05) is 13.2 Å². The monoisotopic (exact) mass is 374 g/mol. The van der Waals surface area contributed by atoms with Gasteiger partial charge in [-0.2, -0.15) is 0 Å². The fourth-order valence-electron chi connectivity index (χ4n) is 1.85. The molecule has 2 aromatic rings. The highest BCUT2D eigenvalue weighted by molar-refractivity contribution is 9.10. The summed E-state index contributed by atoms with van der Waals surface area (Å²) in [6.07, 6.45) is 2.42. The third-order valence-electron chi connectivity index (χ3n) is 2.76. The topological polar surface area (TPSA) is 44.2 Å². The lowest BCUT2D eigenvalue weighted by Gasteiger charge is -2.11. The number of rotatable bonds is 1. The fourth-order valence-corrected chi connectivity index (χ4v) is 2.43. The van der Waals surface area contributed by atoms with Gasteiger partial charge in [0.1, 0.15) is 5.15 Å². The van der Waals surface area contributed by atoms with Crippen LogP contribution in [0.5, 0.6) is 11.5 Å². The van der Waals surface area contributed by atoms with Crippen LogP contribution in [0.1, 0.15) is 6.42 Å². The molecule has 0 saturated carbocycles. The Bertz CT molecular complexity index is 667. The van der Waals surface area contributed by atoms with E-state index < -0.39 is 0 Å². The van der Waals surface area contributed by atoms with Gasteiger partial charge in [0, 0.05) is 18.2 Å². The van der Waals surface area contributed by atoms with Gasteiger partial charge in [0.15, 0.2) is 17.3 Å². The highest BCUT2D eigenvalue weighted by atomic mass is 79.9. The van der Waals surface area contributed by atoms with Crippen molar-refractivity contribution in [3.8, 4) is 22.9 Å². The first-order valence-electron chi connectivity index (χ1n) is 5.92. The molecule has 0 N–H and O–H groups in total. The van der Waals surface area contributed by atoms with Crippen molar-refractivity contribution >= 4 is 39.1 Å². The Hall–Kier alpha value is -1.04. The molecule has 3 rings (SSSR count). The van der Waals surface area contributed by atoms with E-state index >= 15 is 0 Å². The Morgan fingerprint density at radius 2 is 1.95 bits per heavy atom. The second-order valence-electron chi connectivity index (χ2n) is 4.17. The minimum Gasteiger partial charge on any atom is -0.489 e. The number of halogens is 3. The molecule has 1 aliphatic rings. The summed E-state index contributed by atoms with van der Waals surface area (Å²) in [4.78, 5) is 8.43. The summed E-state index contributed by atoms with van der Waals surface area (Å²) < 4.78 is 11.9. The molecular formula is C13H9BrCl2N2O2. The van der Waals surface area contributed by atoms with Gasteiger partial charge in [-0.3, -0.25) is 0 Å². The van der Waals surface area contributed by atoms with Gasteiger partial charge in [-0.05, 0) is 28.1 Å². The van der Waals surface area contributed by atoms with Crippen LogP contribution in [-0.4, -0.2) is 23.2 Å². The molecule has 0 fully saturated rings. The van der Waals surface area contributed by atoms with Crippen LogP contribution in [0.25, 0.3) is 11.4 Å². The van der Waals surface area contributed by atoms with E-state index in [0.717, 1.165) is 12.0 Å². The average Bonchev–Trinajstić information content (AvgIpc) is 2.67. The molecule has 7 heteroatoms. The maximum absolute atomic E-state index is 6.24. The van der Waals surface area contributed by atoms with Gasteiger partial charge in [-0.1, -0.05) is 23.2 Å². The third-order valence-corrected chi connectivity index (χ3v) is 4.14. The zero-order valence-corrected chi connectivity index (χ0v) is 13.3. The second-order valence-corrected chi connectivity index (χ2v) is 5.79. The molecule has 1 aromatic heterocycles. The molecule has 0 amide bonds. The highest BCUT2D eigenvalue weighted by Crippen LogP contribution is 2.40. The molecule has 4 nitrogen and oxygen atoms in total. The standard InChI is InChI=1S/C13H9BrCl2N2O2/c14-8-6-17-13(18-12(8)16)7-4-9(15)11-10(5-7)19-2-1-3-20-11/h4-6H,1-3H2. The Morgan fingerprint density at radius 1 is 1.15 bits per heavy atom. The lowest BCUT2D eigenvalue weighted by atomic mass is 10.2. The van der Waals surface area contributed by atoms with Crippen molar-refractivity contribution in [3.05, 3.63) is 33.0 Å². The van der Waals surface area contributed by atoms with Crippen molar-refractivity contribution in [2.45, 2.75) is 6.42 Å². The average molecular weight is 376 g/mol. The molecule has 20 heavy (non-hydrogen) atoms. The van der Waals surface area contributed by atoms with E-state index in [2.05, 4.69) is 25.9 Å². The predicted molar refractivity (Wildman–Crippen MR) is 80.8 cm³/mol. The Labute approximate surface area is 134 Å². The number of ether oxygens (including phenoxy) is 2. The van der Waals surface area contributed by atoms with Crippen molar-refractivity contribution < 1.29 is 9.47 Å². The van der Waals surface area contributed by atoms with Gasteiger partial charge >= 0.3 is 0 Å². The normalized spacial score (nSPS) is 13.9. The van der Waals surface area contributed by atoms with Crippen LogP contribution >= 0.6 is 39.1 Å². The molecule has 2 heterocycles. The first kappa shape index (κ1) is 13.9. The number of hydrogen-bond donors (Lipinski definition) is 0. The molecule has 1 aromatic carbocycles. The van der Waals surface area contributed by atoms with Crippen molar-refractivity contribution in [1.82, 2.24) is 9.97 Å². The van der Waals surface area contributed by atoms with E-state index in [4.69, 9.17) is 32.7 Å². The summed E-state index contributed by atoms with van der Waals surface area (Å²) in [5, 5.41) is 0.820. The lowest BCUT2D eigenvalue weighted by molar-refractivity contribution is 0.297. The molecule has 0 aliphatic carbocycles. The molecule has 0 saturated heterocycles. The summed E-state index contributed by atoms with van der Waals surface area (Å²) >= 11 is 15.5. The summed E-state index contributed by atoms with van der Waals surface area (Å²) in [5.74, 6) is 1.65. The highest BCUT2D eigenvalue weighted by Gasteiger charge is 2.17. The van der Waals surface area contributed by atoms with E-state index in [1.165, 1.54) is 0 Å². The third kappa shape index (κ3) is 2.71. The van der Waals surface area contributed by atoms with E-state index in [-0.39, 0.29) is 0 Å². The molecule has 0 bridgehead atoms. The number of fused-ring (bicyclic) bond motifs is 1. The second kappa shape index (κ2) is 5.76. The Kier molecular flexibility index (Phi) is 4.01. The van der Waals surface area contributed by atoms with Gasteiger partial charge in [0.25, 0.3) is 0 Å². The summed E-state index contributed by atoms with van der Waals surface area (Å²) in [7, 11) is 0. The van der Waals surface area contributed by atoms with Gasteiger partial charge in [0.2, 0.25) is 0 Å². The van der Waals surface area contributed by atoms with Crippen LogP contribution in [0.4, 0.5) is 0 Å². The van der Waals surface area contributed by atoms with Gasteiger partial charge in [-0.25, -0.2) is 9.97 Å². The van der Waals surface area contributed by atoms with E-state index in [9.17, 15) is 0 Å². The van der Waals surface area contributed by atoms with Crippen LogP contribution < -0.4 is 9.47 Å². The first-order valence-corrected chi connectivity index (χ1v) is 7.47. The molecule has 0 unspecified atom stereocenters. The van der Waals surface area contributed by atoms with Crippen molar-refractivity contribution in [1.29, 1.82) is 0 Å². The Morgan fingerprint density at radius 3 is 2.75 bits per heavy atom. The number of hydrogen-bond acceptors (Lipinski definition) is 4. The number of aromatic nitrogens is 2. The Balaban J connectivity index is 2.08. The van der Waals surface area contributed by atoms with E-state index in [1.807, 2.05) is 6.07 Å². The lowest BCUT2D eigenvalue weighted by Crippen LogP contribution is -1.97. The quantitative estimate of drug-likeness (QED) is 0.694. The van der Waals surface area contributed by atoms with E-state index in [0.29, 0.717) is 45.2 Å². The predicted octanol–water partition coefficient (Wildman–Crippen LogP) is 4.37. The number of benzene rings is 1. The van der Waals surface area contributed by atoms with Gasteiger partial charge < -0.3 is 9.47 Å². The van der Waals surface area contributed by atoms with Crippen LogP contribution in [-0.2, 0) is 0 Å². The minimum absolute atomic E-state index is 0.346. The smallest absolute Gasteiger partial charge is 0.179 e. The summed E-state index contributed by atoms with van der Waals surface area (Å²) in [6.45, 7) is 1.18. The molecule has 104 valence electrons. The van der Waals surface area contributed by atoms with Crippen LogP contribution in [0.2, 0.25) is 10.2 Å². The van der Waals surface area contributed by atoms with E-state index in [1.54, 1.807) is 12.3 Å². The maximum Gasteiger partial charge on any atom is 0.179 e. The summed E-state index contributed by atoms with van der Waals surface area (Å²) in [5.41, 5.74) is 0.730. The van der Waals surface area contributed by atoms with Crippen LogP contribution in [0.3, 0.4) is 0 Å². The first-order chi connectivity index (χ1) is 9.65. The molecule has 0 radical (unpaired) electrons. The summed E-state index contributed by atoms with van der Waals surface area (Å²) in [6, 6.07) is 3.56. The van der Waals surface area contributed by atoms with Gasteiger partial charge in [0.05, 0.1) is 22.7 Å². The minimum atomic E-state index is 0.346. The van der Waals surface area contributed by atoms with Crippen molar-refractivity contribution in [3.63, 3.8) is 0 Å². The zero-order valence-electron chi connectivity index (χ0n) is 10.2. The largest absolute Gasteiger partial charge is 0.489 e. The maximum atomic E-state index is 6.24. The molecule has 0 atom stereocenters. The van der Waals surface area contributed by atoms with Crippen molar-refractivity contribution in [2.24, 2.45) is 0 Å². The number of nitrogens with zero attached hydrogens (tertiary/aromatic N) is 2. The zero-order chi connectivity index (χ0) is 14.1. The molecule has 0 spiro atoms.